The minimum Gasteiger partial charge on any atom is -0.477 e. The number of carbonyl (C=O) groups is 1. The second kappa shape index (κ2) is 10.5. The van der Waals surface area contributed by atoms with Crippen molar-refractivity contribution in [2.45, 2.75) is 26.1 Å². The minimum absolute atomic E-state index is 0.198. The van der Waals surface area contributed by atoms with Crippen LogP contribution in [0.4, 0.5) is 0 Å². The van der Waals surface area contributed by atoms with Crippen LogP contribution in [0, 0.1) is 17.2 Å². The lowest BCUT2D eigenvalue weighted by Crippen LogP contribution is -2.35. The molecule has 0 aliphatic rings. The summed E-state index contributed by atoms with van der Waals surface area (Å²) in [5, 5.41) is 10.0. The molecule has 3 rings (SSSR count). The predicted molar refractivity (Wildman–Crippen MR) is 118 cm³/mol. The SMILES string of the molecule is CC(C)C(Oc1ccccc1Cl)C(=O)OC(C#N)c1cccc(Oc2ccccc2)c1. The van der Waals surface area contributed by atoms with Crippen molar-refractivity contribution in [3.63, 3.8) is 0 Å². The molecule has 3 aromatic carbocycles. The van der Waals surface area contributed by atoms with Crippen molar-refractivity contribution < 1.29 is 19.0 Å². The Balaban J connectivity index is 1.74. The summed E-state index contributed by atoms with van der Waals surface area (Å²) in [5.41, 5.74) is 0.504. The Morgan fingerprint density at radius 1 is 0.935 bits per heavy atom. The highest BCUT2D eigenvalue weighted by Crippen LogP contribution is 2.29. The van der Waals surface area contributed by atoms with E-state index in [0.29, 0.717) is 27.8 Å². The van der Waals surface area contributed by atoms with Crippen molar-refractivity contribution in [2.75, 3.05) is 0 Å². The van der Waals surface area contributed by atoms with Gasteiger partial charge in [0.25, 0.3) is 0 Å². The van der Waals surface area contributed by atoms with Gasteiger partial charge in [0.2, 0.25) is 6.10 Å². The normalized spacial score (nSPS) is 12.5. The number of nitriles is 1. The Bertz CT molecular complexity index is 1060. The highest BCUT2D eigenvalue weighted by molar-refractivity contribution is 6.32. The summed E-state index contributed by atoms with van der Waals surface area (Å²) >= 11 is 6.15. The number of esters is 1. The topological polar surface area (TPSA) is 68.5 Å². The molecule has 0 fully saturated rings. The third-order valence-electron chi connectivity index (χ3n) is 4.42. The molecule has 31 heavy (non-hydrogen) atoms. The van der Waals surface area contributed by atoms with E-state index in [9.17, 15) is 10.1 Å². The average molecular weight is 436 g/mol. The first-order valence-corrected chi connectivity index (χ1v) is 10.2. The number of benzene rings is 3. The molecule has 0 aliphatic carbocycles. The molecule has 0 saturated carbocycles. The molecule has 5 nitrogen and oxygen atoms in total. The zero-order chi connectivity index (χ0) is 22.2. The van der Waals surface area contributed by atoms with E-state index in [1.54, 1.807) is 48.5 Å². The van der Waals surface area contributed by atoms with E-state index in [1.165, 1.54) is 0 Å². The molecule has 0 aliphatic heterocycles. The molecule has 0 spiro atoms. The molecule has 6 heteroatoms. The predicted octanol–water partition coefficient (Wildman–Crippen LogP) is 6.34. The highest BCUT2D eigenvalue weighted by atomic mass is 35.5. The molecule has 0 saturated heterocycles. The van der Waals surface area contributed by atoms with Crippen molar-refractivity contribution >= 4 is 17.6 Å². The number of hydrogen-bond donors (Lipinski definition) is 0. The Morgan fingerprint density at radius 3 is 2.29 bits per heavy atom. The van der Waals surface area contributed by atoms with Crippen LogP contribution in [0.3, 0.4) is 0 Å². The molecule has 0 N–H and O–H groups in total. The minimum atomic E-state index is -1.11. The molecule has 2 unspecified atom stereocenters. The summed E-state index contributed by atoms with van der Waals surface area (Å²) in [4.78, 5) is 12.8. The number of carbonyl (C=O) groups excluding carboxylic acids is 1. The Labute approximate surface area is 186 Å². The summed E-state index contributed by atoms with van der Waals surface area (Å²) in [6, 6.07) is 25.1. The molecule has 0 amide bonds. The molecule has 0 radical (unpaired) electrons. The quantitative estimate of drug-likeness (QED) is 0.386. The lowest BCUT2D eigenvalue weighted by Gasteiger charge is -2.23. The third kappa shape index (κ3) is 6.00. The largest absolute Gasteiger partial charge is 0.477 e. The van der Waals surface area contributed by atoms with Crippen LogP contribution in [0.25, 0.3) is 0 Å². The van der Waals surface area contributed by atoms with Crippen LogP contribution in [-0.2, 0) is 9.53 Å². The van der Waals surface area contributed by atoms with Gasteiger partial charge in [-0.15, -0.1) is 0 Å². The van der Waals surface area contributed by atoms with E-state index in [2.05, 4.69) is 0 Å². The van der Waals surface area contributed by atoms with E-state index in [-0.39, 0.29) is 5.92 Å². The molecule has 0 aromatic heterocycles. The first-order valence-electron chi connectivity index (χ1n) is 9.82. The van der Waals surface area contributed by atoms with Gasteiger partial charge < -0.3 is 14.2 Å². The van der Waals surface area contributed by atoms with E-state index >= 15 is 0 Å². The van der Waals surface area contributed by atoms with Crippen molar-refractivity contribution in [3.8, 4) is 23.3 Å². The lowest BCUT2D eigenvalue weighted by molar-refractivity contribution is -0.157. The van der Waals surface area contributed by atoms with Gasteiger partial charge in [-0.1, -0.05) is 67.9 Å². The van der Waals surface area contributed by atoms with Crippen molar-refractivity contribution in [1.29, 1.82) is 5.26 Å². The van der Waals surface area contributed by atoms with Crippen LogP contribution < -0.4 is 9.47 Å². The molecule has 0 heterocycles. The summed E-state index contributed by atoms with van der Waals surface area (Å²) in [7, 11) is 0. The maximum atomic E-state index is 12.8. The Morgan fingerprint density at radius 2 is 1.61 bits per heavy atom. The Hall–Kier alpha value is -3.49. The van der Waals surface area contributed by atoms with E-state index < -0.39 is 18.2 Å². The molecule has 158 valence electrons. The number of halogens is 1. The first-order chi connectivity index (χ1) is 15.0. The maximum absolute atomic E-state index is 12.8. The van der Waals surface area contributed by atoms with E-state index in [0.717, 1.165) is 0 Å². The smallest absolute Gasteiger partial charge is 0.349 e. The number of rotatable bonds is 8. The zero-order valence-corrected chi connectivity index (χ0v) is 18.0. The van der Waals surface area contributed by atoms with E-state index in [1.807, 2.05) is 50.2 Å². The van der Waals surface area contributed by atoms with Crippen molar-refractivity contribution in [1.82, 2.24) is 0 Å². The van der Waals surface area contributed by atoms with Gasteiger partial charge in [-0.2, -0.15) is 5.26 Å². The number of nitrogens with zero attached hydrogens (tertiary/aromatic N) is 1. The molecule has 0 bridgehead atoms. The van der Waals surface area contributed by atoms with Crippen molar-refractivity contribution in [3.05, 3.63) is 89.4 Å². The zero-order valence-electron chi connectivity index (χ0n) is 17.2. The number of para-hydroxylation sites is 2. The van der Waals surface area contributed by atoms with Gasteiger partial charge in [0.1, 0.15) is 23.3 Å². The first kappa shape index (κ1) is 22.2. The lowest BCUT2D eigenvalue weighted by atomic mass is 10.1. The van der Waals surface area contributed by atoms with E-state index in [4.69, 9.17) is 25.8 Å². The standard InChI is InChI=1S/C25H22ClNO4/c1-17(2)24(30-22-14-7-6-13-21(22)26)25(28)31-23(16-27)18-9-8-12-20(15-18)29-19-10-4-3-5-11-19/h3-15,17,23-24H,1-2H3. The number of hydrogen-bond acceptors (Lipinski definition) is 5. The summed E-state index contributed by atoms with van der Waals surface area (Å²) in [6.07, 6.45) is -2.03. The molecular weight excluding hydrogens is 414 g/mol. The summed E-state index contributed by atoms with van der Waals surface area (Å²) in [6.45, 7) is 3.66. The fourth-order valence-electron chi connectivity index (χ4n) is 2.85. The summed E-state index contributed by atoms with van der Waals surface area (Å²) in [5.74, 6) is 0.740. The van der Waals surface area contributed by atoms with Gasteiger partial charge in [0, 0.05) is 11.5 Å². The van der Waals surface area contributed by atoms with Gasteiger partial charge in [0.05, 0.1) is 5.02 Å². The average Bonchev–Trinajstić information content (AvgIpc) is 2.77. The van der Waals surface area contributed by atoms with Crippen molar-refractivity contribution in [2.24, 2.45) is 5.92 Å². The summed E-state index contributed by atoms with van der Waals surface area (Å²) < 4.78 is 17.1. The monoisotopic (exact) mass is 435 g/mol. The molecule has 2 atom stereocenters. The van der Waals surface area contributed by atoms with Crippen LogP contribution in [0.5, 0.6) is 17.2 Å². The second-order valence-electron chi connectivity index (χ2n) is 7.15. The van der Waals surface area contributed by atoms with Crippen LogP contribution in [0.15, 0.2) is 78.9 Å². The van der Waals surface area contributed by atoms with Gasteiger partial charge in [-0.25, -0.2) is 4.79 Å². The van der Waals surface area contributed by atoms with Crippen LogP contribution >= 0.6 is 11.6 Å². The van der Waals surface area contributed by atoms with Gasteiger partial charge in [-0.3, -0.25) is 0 Å². The number of ether oxygens (including phenoxy) is 3. The van der Waals surface area contributed by atoms with Gasteiger partial charge in [-0.05, 0) is 36.4 Å². The van der Waals surface area contributed by atoms with Gasteiger partial charge >= 0.3 is 5.97 Å². The van der Waals surface area contributed by atoms with Crippen LogP contribution in [0.1, 0.15) is 25.5 Å². The second-order valence-corrected chi connectivity index (χ2v) is 7.55. The van der Waals surface area contributed by atoms with Crippen LogP contribution in [-0.4, -0.2) is 12.1 Å². The maximum Gasteiger partial charge on any atom is 0.349 e. The molecular formula is C25H22ClNO4. The molecule has 3 aromatic rings. The highest BCUT2D eigenvalue weighted by Gasteiger charge is 2.29. The third-order valence-corrected chi connectivity index (χ3v) is 4.73. The van der Waals surface area contributed by atoms with Crippen LogP contribution in [0.2, 0.25) is 5.02 Å². The fourth-order valence-corrected chi connectivity index (χ4v) is 3.03. The van der Waals surface area contributed by atoms with Gasteiger partial charge in [0.15, 0.2) is 6.10 Å². The fraction of sp³-hybridized carbons (Fsp3) is 0.200. The Kier molecular flexibility index (Phi) is 7.53.